The number of hydrogen-bond donors (Lipinski definition) is 0. The van der Waals surface area contributed by atoms with E-state index in [-0.39, 0.29) is 16.9 Å². The highest BCUT2D eigenvalue weighted by atomic mass is 19.4. The fourth-order valence-corrected chi connectivity index (χ4v) is 2.18. The minimum atomic E-state index is -4.80. The second-order valence-electron chi connectivity index (χ2n) is 5.20. The SMILES string of the molecule is CCCc1ccc(OCc2ccc(C(F)(F)F)c(F)c2)c(F)c1F. The number of aryl methyl sites for hydroxylation is 1. The van der Waals surface area contributed by atoms with E-state index in [4.69, 9.17) is 4.74 Å². The van der Waals surface area contributed by atoms with Crippen LogP contribution >= 0.6 is 0 Å². The van der Waals surface area contributed by atoms with Gasteiger partial charge in [0.1, 0.15) is 12.4 Å². The Kier molecular flexibility index (Phi) is 5.41. The molecule has 0 saturated heterocycles. The fourth-order valence-electron chi connectivity index (χ4n) is 2.18. The Labute approximate surface area is 134 Å². The van der Waals surface area contributed by atoms with Gasteiger partial charge in [0.25, 0.3) is 0 Å². The minimum Gasteiger partial charge on any atom is -0.486 e. The average molecular weight is 348 g/mol. The van der Waals surface area contributed by atoms with Crippen LogP contribution in [0.5, 0.6) is 5.75 Å². The van der Waals surface area contributed by atoms with E-state index in [1.54, 1.807) is 0 Å². The van der Waals surface area contributed by atoms with Crippen molar-refractivity contribution in [3.8, 4) is 5.75 Å². The first kappa shape index (κ1) is 18.2. The second kappa shape index (κ2) is 7.15. The molecule has 2 aromatic carbocycles. The first-order valence-corrected chi connectivity index (χ1v) is 7.19. The van der Waals surface area contributed by atoms with Gasteiger partial charge < -0.3 is 4.74 Å². The minimum absolute atomic E-state index is 0.0675. The molecule has 0 aliphatic heterocycles. The molecule has 24 heavy (non-hydrogen) atoms. The molecule has 0 spiro atoms. The zero-order valence-electron chi connectivity index (χ0n) is 12.7. The van der Waals surface area contributed by atoms with Crippen LogP contribution in [0, 0.1) is 17.5 Å². The summed E-state index contributed by atoms with van der Waals surface area (Å²) in [6.07, 6.45) is -3.79. The van der Waals surface area contributed by atoms with Crippen molar-refractivity contribution in [1.82, 2.24) is 0 Å². The Morgan fingerprint density at radius 2 is 1.67 bits per heavy atom. The molecule has 0 radical (unpaired) electrons. The van der Waals surface area contributed by atoms with Gasteiger partial charge in [-0.2, -0.15) is 17.6 Å². The van der Waals surface area contributed by atoms with Crippen LogP contribution in [0.2, 0.25) is 0 Å². The van der Waals surface area contributed by atoms with Crippen molar-refractivity contribution in [2.24, 2.45) is 0 Å². The Morgan fingerprint density at radius 3 is 2.25 bits per heavy atom. The molecule has 0 aliphatic rings. The predicted octanol–water partition coefficient (Wildman–Crippen LogP) is 5.65. The number of alkyl halides is 3. The van der Waals surface area contributed by atoms with Crippen LogP contribution in [-0.4, -0.2) is 0 Å². The zero-order valence-corrected chi connectivity index (χ0v) is 12.7. The molecule has 130 valence electrons. The molecule has 2 aromatic rings. The van der Waals surface area contributed by atoms with E-state index in [2.05, 4.69) is 0 Å². The van der Waals surface area contributed by atoms with Gasteiger partial charge in [0.2, 0.25) is 5.82 Å². The van der Waals surface area contributed by atoms with Crippen LogP contribution in [0.3, 0.4) is 0 Å². The van der Waals surface area contributed by atoms with Crippen LogP contribution in [0.25, 0.3) is 0 Å². The summed E-state index contributed by atoms with van der Waals surface area (Å²) in [5, 5.41) is 0. The standard InChI is InChI=1S/C17H14F6O/c1-2-3-11-5-7-14(16(20)15(11)19)24-9-10-4-6-12(13(18)8-10)17(21,22)23/h4-8H,2-3,9H2,1H3. The molecule has 0 fully saturated rings. The van der Waals surface area contributed by atoms with Crippen molar-refractivity contribution in [3.63, 3.8) is 0 Å². The highest BCUT2D eigenvalue weighted by Crippen LogP contribution is 2.32. The Balaban J connectivity index is 2.14. The normalized spacial score (nSPS) is 11.6. The van der Waals surface area contributed by atoms with Gasteiger partial charge in [0.15, 0.2) is 11.6 Å². The third-order valence-electron chi connectivity index (χ3n) is 3.38. The third-order valence-corrected chi connectivity index (χ3v) is 3.38. The molecule has 0 heterocycles. The number of hydrogen-bond acceptors (Lipinski definition) is 1. The van der Waals surface area contributed by atoms with Crippen LogP contribution < -0.4 is 4.74 Å². The molecule has 2 rings (SSSR count). The van der Waals surface area contributed by atoms with Gasteiger partial charge in [-0.15, -0.1) is 0 Å². The smallest absolute Gasteiger partial charge is 0.419 e. The summed E-state index contributed by atoms with van der Waals surface area (Å²) in [7, 11) is 0. The largest absolute Gasteiger partial charge is 0.486 e. The number of ether oxygens (including phenoxy) is 1. The highest BCUT2D eigenvalue weighted by Gasteiger charge is 2.33. The Hall–Kier alpha value is -2.18. The zero-order chi connectivity index (χ0) is 17.9. The quantitative estimate of drug-likeness (QED) is 0.634. The maximum Gasteiger partial charge on any atom is 0.419 e. The molecule has 7 heteroatoms. The van der Waals surface area contributed by atoms with Crippen LogP contribution in [0.1, 0.15) is 30.0 Å². The summed E-state index contributed by atoms with van der Waals surface area (Å²) < 4.78 is 83.5. The van der Waals surface area contributed by atoms with E-state index >= 15 is 0 Å². The Morgan fingerprint density at radius 1 is 0.958 bits per heavy atom. The Bertz CT molecular complexity index is 724. The summed E-state index contributed by atoms with van der Waals surface area (Å²) in [4.78, 5) is 0. The van der Waals surface area contributed by atoms with Crippen LogP contribution in [-0.2, 0) is 19.2 Å². The van der Waals surface area contributed by atoms with Gasteiger partial charge in [-0.1, -0.05) is 25.5 Å². The topological polar surface area (TPSA) is 9.23 Å². The molecule has 1 nitrogen and oxygen atoms in total. The summed E-state index contributed by atoms with van der Waals surface area (Å²) >= 11 is 0. The predicted molar refractivity (Wildman–Crippen MR) is 76.1 cm³/mol. The van der Waals surface area contributed by atoms with Crippen molar-refractivity contribution >= 4 is 0 Å². The number of benzene rings is 2. The van der Waals surface area contributed by atoms with E-state index < -0.39 is 35.8 Å². The summed E-state index contributed by atoms with van der Waals surface area (Å²) in [5.74, 6) is -4.03. The molecule has 0 bridgehead atoms. The van der Waals surface area contributed by atoms with Crippen LogP contribution in [0.15, 0.2) is 30.3 Å². The first-order chi connectivity index (χ1) is 11.2. The van der Waals surface area contributed by atoms with E-state index in [9.17, 15) is 26.3 Å². The van der Waals surface area contributed by atoms with Gasteiger partial charge in [0.05, 0.1) is 5.56 Å². The molecule has 0 saturated carbocycles. The van der Waals surface area contributed by atoms with Crippen LogP contribution in [0.4, 0.5) is 26.3 Å². The summed E-state index contributed by atoms with van der Waals surface area (Å²) in [5.41, 5.74) is -1.12. The van der Waals surface area contributed by atoms with Gasteiger partial charge >= 0.3 is 6.18 Å². The fraction of sp³-hybridized carbons (Fsp3) is 0.294. The first-order valence-electron chi connectivity index (χ1n) is 7.19. The van der Waals surface area contributed by atoms with E-state index in [1.807, 2.05) is 6.92 Å². The number of rotatable bonds is 5. The lowest BCUT2D eigenvalue weighted by Gasteiger charge is -2.12. The van der Waals surface area contributed by atoms with Crippen molar-refractivity contribution in [1.29, 1.82) is 0 Å². The van der Waals surface area contributed by atoms with Gasteiger partial charge in [0, 0.05) is 0 Å². The van der Waals surface area contributed by atoms with Crippen molar-refractivity contribution in [2.45, 2.75) is 32.5 Å². The van der Waals surface area contributed by atoms with Gasteiger partial charge in [-0.25, -0.2) is 8.78 Å². The lowest BCUT2D eigenvalue weighted by molar-refractivity contribution is -0.140. The molecular weight excluding hydrogens is 334 g/mol. The van der Waals surface area contributed by atoms with Crippen molar-refractivity contribution < 1.29 is 31.1 Å². The average Bonchev–Trinajstić information content (AvgIpc) is 2.50. The molecular formula is C17H14F6O. The molecule has 0 aromatic heterocycles. The maximum absolute atomic E-state index is 13.9. The highest BCUT2D eigenvalue weighted by molar-refractivity contribution is 5.32. The molecule has 0 atom stereocenters. The molecule has 0 aliphatic carbocycles. The molecule has 0 N–H and O–H groups in total. The lowest BCUT2D eigenvalue weighted by atomic mass is 10.1. The number of halogens is 6. The monoisotopic (exact) mass is 348 g/mol. The van der Waals surface area contributed by atoms with E-state index in [0.29, 0.717) is 25.0 Å². The summed E-state index contributed by atoms with van der Waals surface area (Å²) in [6.45, 7) is 1.43. The third kappa shape index (κ3) is 4.01. The molecule has 0 unspecified atom stereocenters. The van der Waals surface area contributed by atoms with Crippen molar-refractivity contribution in [2.75, 3.05) is 0 Å². The van der Waals surface area contributed by atoms with E-state index in [0.717, 1.165) is 6.07 Å². The molecule has 0 amide bonds. The van der Waals surface area contributed by atoms with E-state index in [1.165, 1.54) is 12.1 Å². The van der Waals surface area contributed by atoms with Crippen molar-refractivity contribution in [3.05, 3.63) is 64.5 Å². The maximum atomic E-state index is 13.9. The van der Waals surface area contributed by atoms with Gasteiger partial charge in [-0.05, 0) is 35.7 Å². The second-order valence-corrected chi connectivity index (χ2v) is 5.20. The lowest BCUT2D eigenvalue weighted by Crippen LogP contribution is -2.09. The summed E-state index contributed by atoms with van der Waals surface area (Å²) in [6, 6.07) is 4.87. The van der Waals surface area contributed by atoms with Gasteiger partial charge in [-0.3, -0.25) is 0 Å².